The van der Waals surface area contributed by atoms with E-state index in [9.17, 15) is 0 Å². The lowest BCUT2D eigenvalue weighted by atomic mass is 10.0. The van der Waals surface area contributed by atoms with Gasteiger partial charge in [-0.05, 0) is 91.9 Å². The minimum Gasteiger partial charge on any atom is -0.497 e. The molecule has 2 aromatic carbocycles. The van der Waals surface area contributed by atoms with Crippen LogP contribution < -0.4 is 15.0 Å². The van der Waals surface area contributed by atoms with Crippen LogP contribution in [0.4, 0.5) is 5.69 Å². The average Bonchev–Trinajstić information content (AvgIpc) is 3.39. The van der Waals surface area contributed by atoms with Crippen LogP contribution in [-0.4, -0.2) is 21.8 Å². The van der Waals surface area contributed by atoms with E-state index in [1.807, 2.05) is 48.7 Å². The van der Waals surface area contributed by atoms with Gasteiger partial charge in [0.15, 0.2) is 5.11 Å². The normalized spacial score (nSPS) is 17.8. The molecule has 1 aliphatic rings. The molecular formula is C26H23BrN4OS. The summed E-state index contributed by atoms with van der Waals surface area (Å²) >= 11 is 9.40. The lowest BCUT2D eigenvalue weighted by Gasteiger charge is -2.29. The lowest BCUT2D eigenvalue weighted by Crippen LogP contribution is -2.30. The van der Waals surface area contributed by atoms with Crippen molar-refractivity contribution >= 4 is 38.9 Å². The Hall–Kier alpha value is -3.16. The molecule has 1 aliphatic heterocycles. The van der Waals surface area contributed by atoms with Gasteiger partial charge >= 0.3 is 0 Å². The Bertz CT molecular complexity index is 1270. The van der Waals surface area contributed by atoms with Crippen LogP contribution in [0.3, 0.4) is 0 Å². The Labute approximate surface area is 207 Å². The molecule has 4 aromatic rings. The average molecular weight is 519 g/mol. The number of rotatable bonds is 5. The van der Waals surface area contributed by atoms with Crippen molar-refractivity contribution in [1.29, 1.82) is 0 Å². The topological polar surface area (TPSA) is 42.3 Å². The summed E-state index contributed by atoms with van der Waals surface area (Å²) in [6.07, 6.45) is 1.83. The molecule has 1 N–H and O–H groups in total. The smallest absolute Gasteiger partial charge is 0.174 e. The Kier molecular flexibility index (Phi) is 5.91. The summed E-state index contributed by atoms with van der Waals surface area (Å²) < 4.78 is 8.67. The van der Waals surface area contributed by atoms with Crippen LogP contribution >= 0.6 is 28.1 Å². The van der Waals surface area contributed by atoms with Crippen molar-refractivity contribution in [3.8, 4) is 11.4 Å². The van der Waals surface area contributed by atoms with Crippen molar-refractivity contribution in [3.63, 3.8) is 0 Å². The monoisotopic (exact) mass is 518 g/mol. The van der Waals surface area contributed by atoms with E-state index in [0.29, 0.717) is 5.11 Å². The molecule has 0 spiro atoms. The van der Waals surface area contributed by atoms with Gasteiger partial charge in [0.05, 0.1) is 18.8 Å². The third-order valence-electron chi connectivity index (χ3n) is 5.94. The fraction of sp³-hybridized carbons (Fsp3) is 0.154. The predicted molar refractivity (Wildman–Crippen MR) is 139 cm³/mol. The van der Waals surface area contributed by atoms with Crippen LogP contribution in [0.1, 0.15) is 29.2 Å². The number of nitrogens with one attached hydrogen (secondary N) is 1. The van der Waals surface area contributed by atoms with Gasteiger partial charge in [-0.2, -0.15) is 0 Å². The third-order valence-corrected chi connectivity index (χ3v) is 6.79. The van der Waals surface area contributed by atoms with Crippen LogP contribution in [0.15, 0.2) is 89.5 Å². The fourth-order valence-corrected chi connectivity index (χ4v) is 5.02. The minimum atomic E-state index is -0.103. The molecule has 1 saturated heterocycles. The van der Waals surface area contributed by atoms with Crippen molar-refractivity contribution in [1.82, 2.24) is 14.9 Å². The van der Waals surface area contributed by atoms with Gasteiger partial charge in [0.2, 0.25) is 0 Å². The van der Waals surface area contributed by atoms with Crippen molar-refractivity contribution in [2.45, 2.75) is 19.0 Å². The first-order chi connectivity index (χ1) is 16.1. The first-order valence-electron chi connectivity index (χ1n) is 10.7. The molecule has 0 bridgehead atoms. The summed E-state index contributed by atoms with van der Waals surface area (Å²) in [6, 6.07) is 26.5. The number of aryl methyl sites for hydroxylation is 1. The highest BCUT2D eigenvalue weighted by atomic mass is 79.9. The third kappa shape index (κ3) is 4.03. The predicted octanol–water partition coefficient (Wildman–Crippen LogP) is 6.13. The fourth-order valence-electron chi connectivity index (χ4n) is 4.41. The van der Waals surface area contributed by atoms with Gasteiger partial charge in [0, 0.05) is 33.4 Å². The molecule has 0 aliphatic carbocycles. The maximum absolute atomic E-state index is 5.86. The van der Waals surface area contributed by atoms with Crippen LogP contribution in [0.5, 0.6) is 5.75 Å². The summed E-state index contributed by atoms with van der Waals surface area (Å²) in [4.78, 5) is 6.85. The number of aromatic nitrogens is 2. The highest BCUT2D eigenvalue weighted by Crippen LogP contribution is 2.43. The number of nitrogens with zero attached hydrogens (tertiary/aromatic N) is 3. The Morgan fingerprint density at radius 1 is 0.939 bits per heavy atom. The molecule has 1 fully saturated rings. The van der Waals surface area contributed by atoms with Crippen molar-refractivity contribution in [2.24, 2.45) is 0 Å². The summed E-state index contributed by atoms with van der Waals surface area (Å²) in [5, 5.41) is 4.22. The van der Waals surface area contributed by atoms with Crippen LogP contribution in [0.25, 0.3) is 5.69 Å². The van der Waals surface area contributed by atoms with E-state index in [4.69, 9.17) is 17.0 Å². The SMILES string of the molecule is COc1ccc(-n2c(C)ccc2[C@@H]2[C@H](c3ccccn3)NC(=S)N2c2ccc(Br)cc2)cc1. The molecular weight excluding hydrogens is 496 g/mol. The van der Waals surface area contributed by atoms with E-state index in [2.05, 4.69) is 79.0 Å². The Morgan fingerprint density at radius 3 is 2.33 bits per heavy atom. The number of benzene rings is 2. The summed E-state index contributed by atoms with van der Waals surface area (Å²) in [7, 11) is 1.68. The molecule has 2 aromatic heterocycles. The zero-order valence-electron chi connectivity index (χ0n) is 18.3. The van der Waals surface area contributed by atoms with Gasteiger partial charge in [0.1, 0.15) is 11.8 Å². The van der Waals surface area contributed by atoms with Gasteiger partial charge < -0.3 is 19.5 Å². The molecule has 5 rings (SSSR count). The molecule has 0 amide bonds. The maximum atomic E-state index is 5.86. The molecule has 5 nitrogen and oxygen atoms in total. The summed E-state index contributed by atoms with van der Waals surface area (Å²) in [5.74, 6) is 0.830. The van der Waals surface area contributed by atoms with Gasteiger partial charge in [-0.25, -0.2) is 0 Å². The lowest BCUT2D eigenvalue weighted by molar-refractivity contribution is 0.414. The second-order valence-electron chi connectivity index (χ2n) is 7.91. The molecule has 7 heteroatoms. The second kappa shape index (κ2) is 9.00. The van der Waals surface area contributed by atoms with Crippen LogP contribution in [0.2, 0.25) is 0 Å². The number of hydrogen-bond acceptors (Lipinski definition) is 3. The van der Waals surface area contributed by atoms with E-state index in [1.165, 1.54) is 0 Å². The van der Waals surface area contributed by atoms with Crippen LogP contribution in [0, 0.1) is 6.92 Å². The van der Waals surface area contributed by atoms with E-state index < -0.39 is 0 Å². The number of methoxy groups -OCH3 is 1. The highest BCUT2D eigenvalue weighted by molar-refractivity contribution is 9.10. The van der Waals surface area contributed by atoms with Gasteiger partial charge in [0.25, 0.3) is 0 Å². The zero-order chi connectivity index (χ0) is 22.9. The molecule has 3 heterocycles. The Balaban J connectivity index is 1.67. The first-order valence-corrected chi connectivity index (χ1v) is 11.9. The van der Waals surface area contributed by atoms with Crippen LogP contribution in [-0.2, 0) is 0 Å². The number of hydrogen-bond donors (Lipinski definition) is 1. The van der Waals surface area contributed by atoms with Gasteiger partial charge in [-0.15, -0.1) is 0 Å². The molecule has 2 atom stereocenters. The zero-order valence-corrected chi connectivity index (χ0v) is 20.7. The van der Waals surface area contributed by atoms with E-state index >= 15 is 0 Å². The minimum absolute atomic E-state index is 0.0932. The highest BCUT2D eigenvalue weighted by Gasteiger charge is 2.42. The number of thiocarbonyl (C=S) groups is 1. The summed E-state index contributed by atoms with van der Waals surface area (Å²) in [5.41, 5.74) is 5.32. The van der Waals surface area contributed by atoms with Crippen molar-refractivity contribution in [2.75, 3.05) is 12.0 Å². The number of halogens is 1. The first kappa shape index (κ1) is 21.7. The summed E-state index contributed by atoms with van der Waals surface area (Å²) in [6.45, 7) is 2.12. The van der Waals surface area contributed by atoms with E-state index in [0.717, 1.165) is 38.7 Å². The molecule has 33 heavy (non-hydrogen) atoms. The quantitative estimate of drug-likeness (QED) is 0.322. The maximum Gasteiger partial charge on any atom is 0.174 e. The van der Waals surface area contributed by atoms with Crippen molar-refractivity contribution < 1.29 is 4.74 Å². The Morgan fingerprint density at radius 2 is 1.67 bits per heavy atom. The van der Waals surface area contributed by atoms with Gasteiger partial charge in [-0.1, -0.05) is 22.0 Å². The number of pyridine rings is 1. The second-order valence-corrected chi connectivity index (χ2v) is 9.21. The standard InChI is InChI=1S/C26H23BrN4OS/c1-17-6-15-23(30(17)19-11-13-21(32-2)14-12-19)25-24(22-5-3-4-16-28-22)29-26(33)31(25)20-9-7-18(27)8-10-20/h3-16,24-25H,1-2H3,(H,29,33)/t24-,25+/m0/s1. The molecule has 166 valence electrons. The van der Waals surface area contributed by atoms with Crippen molar-refractivity contribution in [3.05, 3.63) is 107 Å². The van der Waals surface area contributed by atoms with E-state index in [-0.39, 0.29) is 12.1 Å². The van der Waals surface area contributed by atoms with Gasteiger partial charge in [-0.3, -0.25) is 4.98 Å². The molecule has 0 saturated carbocycles. The van der Waals surface area contributed by atoms with E-state index in [1.54, 1.807) is 7.11 Å². The molecule has 0 unspecified atom stereocenters. The number of anilines is 1. The largest absolute Gasteiger partial charge is 0.497 e. The number of ether oxygens (including phenoxy) is 1. The molecule has 0 radical (unpaired) electrons.